The average Bonchev–Trinajstić information content (AvgIpc) is 2.42. The number of anilines is 1. The summed E-state index contributed by atoms with van der Waals surface area (Å²) in [5.41, 5.74) is 2.70. The molecule has 2 unspecified atom stereocenters. The molecule has 1 N–H and O–H groups in total. The lowest BCUT2D eigenvalue weighted by Crippen LogP contribution is -2.38. The van der Waals surface area contributed by atoms with Crippen molar-refractivity contribution in [2.75, 3.05) is 24.5 Å². The second-order valence-electron chi connectivity index (χ2n) is 7.00. The van der Waals surface area contributed by atoms with Crippen molar-refractivity contribution in [3.05, 3.63) is 28.2 Å². The molecule has 3 heteroatoms. The quantitative estimate of drug-likeness (QED) is 0.827. The molecule has 0 saturated carbocycles. The van der Waals surface area contributed by atoms with Gasteiger partial charge in [-0.3, -0.25) is 0 Å². The van der Waals surface area contributed by atoms with E-state index in [1.165, 1.54) is 35.2 Å². The lowest BCUT2D eigenvalue weighted by molar-refractivity contribution is 0.324. The van der Waals surface area contributed by atoms with Crippen molar-refractivity contribution < 1.29 is 0 Å². The summed E-state index contributed by atoms with van der Waals surface area (Å²) in [6.07, 6.45) is 1.30. The highest BCUT2D eigenvalue weighted by molar-refractivity contribution is 9.10. The van der Waals surface area contributed by atoms with Crippen LogP contribution in [0.2, 0.25) is 0 Å². The van der Waals surface area contributed by atoms with Gasteiger partial charge in [-0.05, 0) is 64.3 Å². The predicted molar refractivity (Wildman–Crippen MR) is 95.8 cm³/mol. The van der Waals surface area contributed by atoms with Gasteiger partial charge >= 0.3 is 0 Å². The molecule has 1 aromatic carbocycles. The molecule has 0 bridgehead atoms. The van der Waals surface area contributed by atoms with Crippen molar-refractivity contribution in [1.82, 2.24) is 5.32 Å². The van der Waals surface area contributed by atoms with Gasteiger partial charge in [0.15, 0.2) is 0 Å². The van der Waals surface area contributed by atoms with Crippen molar-refractivity contribution in [1.29, 1.82) is 0 Å². The van der Waals surface area contributed by atoms with Gasteiger partial charge in [-0.15, -0.1) is 0 Å². The molecule has 21 heavy (non-hydrogen) atoms. The smallest absolute Gasteiger partial charge is 0.0510 e. The highest BCUT2D eigenvalue weighted by Gasteiger charge is 2.23. The molecular formula is C18H29BrN2. The zero-order valence-corrected chi connectivity index (χ0v) is 15.4. The molecule has 2 atom stereocenters. The standard InChI is InChI=1S/C18H29BrN2/c1-13(2)10-20-11-16-5-6-18(17(19)9-16)21-8-7-14(3)15(4)12-21/h5-6,9,13-15,20H,7-8,10-12H2,1-4H3. The van der Waals surface area contributed by atoms with Crippen LogP contribution in [0.3, 0.4) is 0 Å². The Kier molecular flexibility index (Phi) is 6.12. The van der Waals surface area contributed by atoms with Crippen molar-refractivity contribution >= 4 is 21.6 Å². The number of piperidine rings is 1. The maximum Gasteiger partial charge on any atom is 0.0510 e. The summed E-state index contributed by atoms with van der Waals surface area (Å²) < 4.78 is 1.23. The molecule has 118 valence electrons. The van der Waals surface area contributed by atoms with Crippen molar-refractivity contribution in [3.63, 3.8) is 0 Å². The van der Waals surface area contributed by atoms with E-state index in [-0.39, 0.29) is 0 Å². The number of hydrogen-bond donors (Lipinski definition) is 1. The first-order valence-corrected chi connectivity index (χ1v) is 9.00. The SMILES string of the molecule is CC(C)CNCc1ccc(N2CCC(C)C(C)C2)c(Br)c1. The maximum absolute atomic E-state index is 3.77. The summed E-state index contributed by atoms with van der Waals surface area (Å²) in [4.78, 5) is 2.53. The lowest BCUT2D eigenvalue weighted by Gasteiger charge is -2.37. The van der Waals surface area contributed by atoms with E-state index in [2.05, 4.69) is 72.0 Å². The fraction of sp³-hybridized carbons (Fsp3) is 0.667. The predicted octanol–water partition coefficient (Wildman–Crippen LogP) is 4.68. The third-order valence-electron chi connectivity index (χ3n) is 4.57. The molecule has 1 fully saturated rings. The second-order valence-corrected chi connectivity index (χ2v) is 7.85. The zero-order valence-electron chi connectivity index (χ0n) is 13.8. The number of benzene rings is 1. The van der Waals surface area contributed by atoms with Crippen molar-refractivity contribution in [3.8, 4) is 0 Å². The van der Waals surface area contributed by atoms with E-state index in [1.807, 2.05) is 0 Å². The number of rotatable bonds is 5. The molecule has 2 nitrogen and oxygen atoms in total. The Morgan fingerprint density at radius 2 is 2.05 bits per heavy atom. The summed E-state index contributed by atoms with van der Waals surface area (Å²) in [6.45, 7) is 13.6. The number of nitrogens with zero attached hydrogens (tertiary/aromatic N) is 1. The Hall–Kier alpha value is -0.540. The molecule has 0 aliphatic carbocycles. The lowest BCUT2D eigenvalue weighted by atomic mass is 9.88. The molecule has 2 rings (SSSR count). The normalized spacial score (nSPS) is 22.9. The van der Waals surface area contributed by atoms with Crippen LogP contribution in [0, 0.1) is 17.8 Å². The van der Waals surface area contributed by atoms with Gasteiger partial charge in [0.1, 0.15) is 0 Å². The van der Waals surface area contributed by atoms with Crippen LogP contribution in [0.25, 0.3) is 0 Å². The van der Waals surface area contributed by atoms with Gasteiger partial charge in [-0.25, -0.2) is 0 Å². The van der Waals surface area contributed by atoms with E-state index >= 15 is 0 Å². The van der Waals surface area contributed by atoms with E-state index in [4.69, 9.17) is 0 Å². The van der Waals surface area contributed by atoms with E-state index < -0.39 is 0 Å². The highest BCUT2D eigenvalue weighted by Crippen LogP contribution is 2.32. The monoisotopic (exact) mass is 352 g/mol. The molecule has 0 amide bonds. The molecule has 0 spiro atoms. The van der Waals surface area contributed by atoms with Crippen molar-refractivity contribution in [2.24, 2.45) is 17.8 Å². The summed E-state index contributed by atoms with van der Waals surface area (Å²) >= 11 is 3.77. The fourth-order valence-corrected chi connectivity index (χ4v) is 3.58. The number of hydrogen-bond acceptors (Lipinski definition) is 2. The summed E-state index contributed by atoms with van der Waals surface area (Å²) in [5, 5.41) is 3.51. The Balaban J connectivity index is 1.99. The van der Waals surface area contributed by atoms with Crippen LogP contribution in [0.15, 0.2) is 22.7 Å². The van der Waals surface area contributed by atoms with Gasteiger partial charge in [0.2, 0.25) is 0 Å². The Morgan fingerprint density at radius 3 is 2.67 bits per heavy atom. The van der Waals surface area contributed by atoms with Gasteiger partial charge in [0.25, 0.3) is 0 Å². The van der Waals surface area contributed by atoms with Gasteiger partial charge in [0, 0.05) is 24.1 Å². The molecule has 0 radical (unpaired) electrons. The van der Waals surface area contributed by atoms with Crippen LogP contribution < -0.4 is 10.2 Å². The Labute approximate surface area is 138 Å². The minimum atomic E-state index is 0.699. The van der Waals surface area contributed by atoms with Crippen LogP contribution in [0.5, 0.6) is 0 Å². The molecule has 1 aliphatic heterocycles. The van der Waals surface area contributed by atoms with E-state index in [1.54, 1.807) is 0 Å². The Morgan fingerprint density at radius 1 is 1.29 bits per heavy atom. The van der Waals surface area contributed by atoms with Crippen LogP contribution >= 0.6 is 15.9 Å². The third-order valence-corrected chi connectivity index (χ3v) is 5.20. The first-order chi connectivity index (χ1) is 9.97. The summed E-state index contributed by atoms with van der Waals surface area (Å²) in [5.74, 6) is 2.32. The first-order valence-electron chi connectivity index (χ1n) is 8.21. The highest BCUT2D eigenvalue weighted by atomic mass is 79.9. The molecular weight excluding hydrogens is 324 g/mol. The van der Waals surface area contributed by atoms with Gasteiger partial charge < -0.3 is 10.2 Å². The molecule has 1 saturated heterocycles. The Bertz CT molecular complexity index is 459. The van der Waals surface area contributed by atoms with Crippen molar-refractivity contribution in [2.45, 2.75) is 40.7 Å². The minimum absolute atomic E-state index is 0.699. The average molecular weight is 353 g/mol. The number of nitrogens with one attached hydrogen (secondary N) is 1. The topological polar surface area (TPSA) is 15.3 Å². The van der Waals surface area contributed by atoms with Crippen LogP contribution in [-0.2, 0) is 6.54 Å². The third kappa shape index (κ3) is 4.72. The minimum Gasteiger partial charge on any atom is -0.370 e. The van der Waals surface area contributed by atoms with Crippen LogP contribution in [0.1, 0.15) is 39.7 Å². The van der Waals surface area contributed by atoms with Gasteiger partial charge in [-0.2, -0.15) is 0 Å². The van der Waals surface area contributed by atoms with E-state index in [0.717, 1.165) is 24.9 Å². The fourth-order valence-electron chi connectivity index (χ4n) is 2.90. The van der Waals surface area contributed by atoms with E-state index in [9.17, 15) is 0 Å². The first kappa shape index (κ1) is 16.8. The summed E-state index contributed by atoms with van der Waals surface area (Å²) in [7, 11) is 0. The molecule has 0 aromatic heterocycles. The second kappa shape index (κ2) is 7.64. The maximum atomic E-state index is 3.77. The van der Waals surface area contributed by atoms with Crippen LogP contribution in [0.4, 0.5) is 5.69 Å². The van der Waals surface area contributed by atoms with E-state index in [0.29, 0.717) is 5.92 Å². The van der Waals surface area contributed by atoms with Gasteiger partial charge in [-0.1, -0.05) is 33.8 Å². The molecule has 1 heterocycles. The summed E-state index contributed by atoms with van der Waals surface area (Å²) in [6, 6.07) is 6.81. The number of halogens is 1. The molecule has 1 aromatic rings. The zero-order chi connectivity index (χ0) is 15.4. The largest absolute Gasteiger partial charge is 0.370 e. The van der Waals surface area contributed by atoms with Gasteiger partial charge in [0.05, 0.1) is 5.69 Å². The van der Waals surface area contributed by atoms with Crippen LogP contribution in [-0.4, -0.2) is 19.6 Å². The molecule has 1 aliphatic rings.